The molecule has 4 aliphatic carbocycles. The third-order valence-corrected chi connectivity index (χ3v) is 10.8. The van der Waals surface area contributed by atoms with Crippen molar-refractivity contribution in [1.82, 2.24) is 0 Å². The van der Waals surface area contributed by atoms with Crippen molar-refractivity contribution in [2.24, 2.45) is 34.0 Å². The van der Waals surface area contributed by atoms with E-state index >= 15 is 0 Å². The zero-order chi connectivity index (χ0) is 21.9. The normalized spacial score (nSPS) is 44.1. The number of hydrogen-bond acceptors (Lipinski definition) is 2. The van der Waals surface area contributed by atoms with Gasteiger partial charge >= 0.3 is 0 Å². The van der Waals surface area contributed by atoms with Crippen LogP contribution in [0.25, 0.3) is 0 Å². The van der Waals surface area contributed by atoms with Gasteiger partial charge in [0.15, 0.2) is 0 Å². The molecule has 1 unspecified atom stereocenters. The number of benzene rings is 1. The van der Waals surface area contributed by atoms with Gasteiger partial charge in [0.1, 0.15) is 5.78 Å². The third-order valence-electron chi connectivity index (χ3n) is 10.8. The monoisotopic (exact) mass is 420 g/mol. The molecule has 7 atom stereocenters. The molecule has 31 heavy (non-hydrogen) atoms. The van der Waals surface area contributed by atoms with Crippen molar-refractivity contribution < 1.29 is 9.53 Å². The number of carbonyl (C=O) groups is 1. The second kappa shape index (κ2) is 7.58. The number of ketones is 1. The first-order valence-electron chi connectivity index (χ1n) is 12.6. The van der Waals surface area contributed by atoms with E-state index in [4.69, 9.17) is 4.74 Å². The van der Waals surface area contributed by atoms with Gasteiger partial charge < -0.3 is 4.74 Å². The standard InChI is InChI=1S/C29H40O2/c1-20(30)28(3)16-14-26-24-11-10-22-18-23(31-19-21-8-6-5-7-9-21)12-15-27(22,2)25(24)13-17-29(26,28)4/h5-10,23-26H,11-19H2,1-4H3/t23-,24+,25?,26-,27-,28+,29-/m0/s1. The lowest BCUT2D eigenvalue weighted by Gasteiger charge is -2.59. The van der Waals surface area contributed by atoms with Crippen molar-refractivity contribution in [3.05, 3.63) is 47.5 Å². The van der Waals surface area contributed by atoms with Gasteiger partial charge in [0.2, 0.25) is 0 Å². The number of allylic oxidation sites excluding steroid dienone is 1. The average Bonchev–Trinajstić information content (AvgIpc) is 3.05. The predicted molar refractivity (Wildman–Crippen MR) is 126 cm³/mol. The molecule has 0 bridgehead atoms. The van der Waals surface area contributed by atoms with Crippen LogP contribution in [-0.4, -0.2) is 11.9 Å². The molecule has 3 fully saturated rings. The lowest BCUT2D eigenvalue weighted by Crippen LogP contribution is -2.53. The molecule has 1 aromatic carbocycles. The Morgan fingerprint density at radius 2 is 1.74 bits per heavy atom. The zero-order valence-corrected chi connectivity index (χ0v) is 20.0. The van der Waals surface area contributed by atoms with E-state index in [1.807, 2.05) is 6.92 Å². The van der Waals surface area contributed by atoms with E-state index < -0.39 is 0 Å². The van der Waals surface area contributed by atoms with Crippen LogP contribution in [-0.2, 0) is 16.1 Å². The second-order valence-corrected chi connectivity index (χ2v) is 11.8. The topological polar surface area (TPSA) is 26.3 Å². The molecule has 2 heteroatoms. The van der Waals surface area contributed by atoms with Crippen molar-refractivity contribution in [1.29, 1.82) is 0 Å². The van der Waals surface area contributed by atoms with E-state index in [-0.39, 0.29) is 10.8 Å². The van der Waals surface area contributed by atoms with Crippen LogP contribution in [0.4, 0.5) is 0 Å². The summed E-state index contributed by atoms with van der Waals surface area (Å²) in [6.07, 6.45) is 12.6. The molecular weight excluding hydrogens is 380 g/mol. The molecule has 0 heterocycles. The van der Waals surface area contributed by atoms with Crippen LogP contribution in [0.2, 0.25) is 0 Å². The van der Waals surface area contributed by atoms with Gasteiger partial charge in [0.25, 0.3) is 0 Å². The SMILES string of the molecule is CC(=O)[C@@]1(C)CC[C@H]2[C@@H]3CC=C4C[C@@H](OCc5ccccc5)CC[C@]4(C)C3CC[C@@]21C. The van der Waals surface area contributed by atoms with Gasteiger partial charge in [0.05, 0.1) is 12.7 Å². The number of carbonyl (C=O) groups excluding carboxylic acids is 1. The van der Waals surface area contributed by atoms with Crippen molar-refractivity contribution in [3.8, 4) is 0 Å². The highest BCUT2D eigenvalue weighted by Crippen LogP contribution is 2.69. The Morgan fingerprint density at radius 3 is 2.48 bits per heavy atom. The first kappa shape index (κ1) is 21.4. The summed E-state index contributed by atoms with van der Waals surface area (Å²) >= 11 is 0. The number of hydrogen-bond donors (Lipinski definition) is 0. The van der Waals surface area contributed by atoms with E-state index in [9.17, 15) is 4.79 Å². The van der Waals surface area contributed by atoms with E-state index in [2.05, 4.69) is 57.2 Å². The Labute approximate surface area is 188 Å². The average molecular weight is 421 g/mol. The maximum absolute atomic E-state index is 12.7. The lowest BCUT2D eigenvalue weighted by atomic mass is 9.45. The Morgan fingerprint density at radius 1 is 1.00 bits per heavy atom. The number of Topliss-reactive ketones (excluding diaryl/α,β-unsaturated/α-hetero) is 1. The summed E-state index contributed by atoms with van der Waals surface area (Å²) in [4.78, 5) is 12.7. The van der Waals surface area contributed by atoms with E-state index in [1.165, 1.54) is 44.1 Å². The largest absolute Gasteiger partial charge is 0.373 e. The highest BCUT2D eigenvalue weighted by molar-refractivity contribution is 5.83. The van der Waals surface area contributed by atoms with Crippen molar-refractivity contribution in [3.63, 3.8) is 0 Å². The van der Waals surface area contributed by atoms with Gasteiger partial charge in [-0.15, -0.1) is 0 Å². The van der Waals surface area contributed by atoms with Gasteiger partial charge in [-0.3, -0.25) is 4.79 Å². The fourth-order valence-corrected chi connectivity index (χ4v) is 8.40. The zero-order valence-electron chi connectivity index (χ0n) is 20.0. The number of fused-ring (bicyclic) bond motifs is 5. The number of rotatable bonds is 4. The second-order valence-electron chi connectivity index (χ2n) is 11.8. The van der Waals surface area contributed by atoms with Crippen molar-refractivity contribution >= 4 is 5.78 Å². The van der Waals surface area contributed by atoms with Crippen LogP contribution in [0.15, 0.2) is 42.0 Å². The minimum Gasteiger partial charge on any atom is -0.373 e. The van der Waals surface area contributed by atoms with Gasteiger partial charge in [-0.25, -0.2) is 0 Å². The summed E-state index contributed by atoms with van der Waals surface area (Å²) in [7, 11) is 0. The highest BCUT2D eigenvalue weighted by atomic mass is 16.5. The van der Waals surface area contributed by atoms with Crippen LogP contribution in [0.5, 0.6) is 0 Å². The Bertz CT molecular complexity index is 872. The first-order valence-corrected chi connectivity index (χ1v) is 12.6. The molecule has 0 spiro atoms. The molecule has 0 aromatic heterocycles. The fraction of sp³-hybridized carbons (Fsp3) is 0.690. The Kier molecular flexibility index (Phi) is 5.24. The van der Waals surface area contributed by atoms with Crippen LogP contribution >= 0.6 is 0 Å². The summed E-state index contributed by atoms with van der Waals surface area (Å²) in [5.41, 5.74) is 3.36. The minimum atomic E-state index is -0.115. The molecule has 4 aliphatic rings. The molecule has 168 valence electrons. The molecule has 0 radical (unpaired) electrons. The molecule has 2 nitrogen and oxygen atoms in total. The summed E-state index contributed by atoms with van der Waals surface area (Å²) in [6, 6.07) is 10.6. The van der Waals surface area contributed by atoms with Crippen molar-refractivity contribution in [2.75, 3.05) is 0 Å². The molecule has 0 amide bonds. The van der Waals surface area contributed by atoms with Crippen LogP contribution < -0.4 is 0 Å². The van der Waals surface area contributed by atoms with E-state index in [0.29, 0.717) is 23.2 Å². The molecule has 5 rings (SSSR count). The fourth-order valence-electron chi connectivity index (χ4n) is 8.40. The maximum atomic E-state index is 12.7. The minimum absolute atomic E-state index is 0.115. The van der Waals surface area contributed by atoms with Gasteiger partial charge in [-0.2, -0.15) is 0 Å². The van der Waals surface area contributed by atoms with Crippen LogP contribution in [0.1, 0.15) is 84.6 Å². The van der Waals surface area contributed by atoms with Crippen LogP contribution in [0, 0.1) is 34.0 Å². The molecule has 3 saturated carbocycles. The smallest absolute Gasteiger partial charge is 0.136 e. The predicted octanol–water partition coefficient (Wildman–Crippen LogP) is 7.13. The highest BCUT2D eigenvalue weighted by Gasteiger charge is 2.63. The van der Waals surface area contributed by atoms with Gasteiger partial charge in [0, 0.05) is 5.41 Å². The number of ether oxygens (including phenoxy) is 1. The van der Waals surface area contributed by atoms with E-state index in [0.717, 1.165) is 31.3 Å². The Hall–Kier alpha value is -1.41. The van der Waals surface area contributed by atoms with Gasteiger partial charge in [-0.1, -0.05) is 62.8 Å². The summed E-state index contributed by atoms with van der Waals surface area (Å²) in [5, 5.41) is 0. The Balaban J connectivity index is 1.32. The van der Waals surface area contributed by atoms with Crippen molar-refractivity contribution in [2.45, 2.75) is 91.8 Å². The molecule has 1 aromatic rings. The molecule has 0 saturated heterocycles. The molecule has 0 N–H and O–H groups in total. The third kappa shape index (κ3) is 3.19. The summed E-state index contributed by atoms with van der Waals surface area (Å²) in [5.74, 6) is 2.68. The van der Waals surface area contributed by atoms with Crippen LogP contribution in [0.3, 0.4) is 0 Å². The van der Waals surface area contributed by atoms with Gasteiger partial charge in [-0.05, 0) is 92.4 Å². The van der Waals surface area contributed by atoms with E-state index in [1.54, 1.807) is 5.57 Å². The maximum Gasteiger partial charge on any atom is 0.136 e. The first-order chi connectivity index (χ1) is 14.8. The molecule has 0 aliphatic heterocycles. The lowest BCUT2D eigenvalue weighted by molar-refractivity contribution is -0.138. The summed E-state index contributed by atoms with van der Waals surface area (Å²) in [6.45, 7) is 9.86. The summed E-state index contributed by atoms with van der Waals surface area (Å²) < 4.78 is 6.36. The molecular formula is C29H40O2. The quantitative estimate of drug-likeness (QED) is 0.484.